The van der Waals surface area contributed by atoms with Gasteiger partial charge in [-0.1, -0.05) is 12.1 Å². The van der Waals surface area contributed by atoms with Crippen molar-refractivity contribution in [1.29, 1.82) is 0 Å². The normalized spacial score (nSPS) is 18.6. The smallest absolute Gasteiger partial charge is 0.387 e. The molecule has 2 rings (SSSR count). The molecular weight excluding hydrogens is 264 g/mol. The summed E-state index contributed by atoms with van der Waals surface area (Å²) in [6, 6.07) is 6.86. The van der Waals surface area contributed by atoms with Crippen LogP contribution in [-0.2, 0) is 4.74 Å². The number of rotatable bonds is 7. The molecule has 1 fully saturated rings. The molecule has 5 heteroatoms. The van der Waals surface area contributed by atoms with Crippen LogP contribution in [0, 0.1) is 0 Å². The fourth-order valence-corrected chi connectivity index (χ4v) is 2.44. The van der Waals surface area contributed by atoms with E-state index in [-0.39, 0.29) is 17.4 Å². The van der Waals surface area contributed by atoms with E-state index in [1.807, 2.05) is 13.0 Å². The van der Waals surface area contributed by atoms with E-state index in [9.17, 15) is 8.78 Å². The van der Waals surface area contributed by atoms with Crippen LogP contribution in [0.15, 0.2) is 24.3 Å². The molecule has 0 spiro atoms. The molecule has 0 saturated heterocycles. The molecule has 1 aliphatic rings. The van der Waals surface area contributed by atoms with Crippen molar-refractivity contribution in [1.82, 2.24) is 5.32 Å². The Labute approximate surface area is 118 Å². The monoisotopic (exact) mass is 285 g/mol. The molecule has 3 nitrogen and oxygen atoms in total. The SMILES string of the molecule is COC1(CNC(C)c2cccc(OC(F)F)c2)CCC1. The molecule has 0 bridgehead atoms. The average Bonchev–Trinajstić information content (AvgIpc) is 2.37. The minimum Gasteiger partial charge on any atom is -0.435 e. The summed E-state index contributed by atoms with van der Waals surface area (Å²) in [6.07, 6.45) is 3.33. The average molecular weight is 285 g/mol. The molecule has 0 aliphatic heterocycles. The number of hydrogen-bond acceptors (Lipinski definition) is 3. The summed E-state index contributed by atoms with van der Waals surface area (Å²) in [5.41, 5.74) is 0.874. The molecule has 1 aromatic rings. The number of benzene rings is 1. The highest BCUT2D eigenvalue weighted by Crippen LogP contribution is 2.34. The summed E-state index contributed by atoms with van der Waals surface area (Å²) in [5.74, 6) is 0.191. The van der Waals surface area contributed by atoms with Gasteiger partial charge in [0.05, 0.1) is 5.60 Å². The van der Waals surface area contributed by atoms with Gasteiger partial charge in [-0.3, -0.25) is 0 Å². The molecule has 20 heavy (non-hydrogen) atoms. The quantitative estimate of drug-likeness (QED) is 0.831. The Hall–Kier alpha value is -1.20. The number of alkyl halides is 2. The lowest BCUT2D eigenvalue weighted by atomic mass is 9.80. The van der Waals surface area contributed by atoms with Crippen molar-refractivity contribution in [2.45, 2.75) is 44.4 Å². The second kappa shape index (κ2) is 6.50. The summed E-state index contributed by atoms with van der Waals surface area (Å²) in [5, 5.41) is 3.41. The van der Waals surface area contributed by atoms with Crippen LogP contribution in [0.3, 0.4) is 0 Å². The zero-order valence-electron chi connectivity index (χ0n) is 11.9. The lowest BCUT2D eigenvalue weighted by molar-refractivity contribution is -0.0706. The molecule has 0 heterocycles. The molecule has 112 valence electrons. The molecule has 0 amide bonds. The maximum Gasteiger partial charge on any atom is 0.387 e. The van der Waals surface area contributed by atoms with E-state index >= 15 is 0 Å². The maximum atomic E-state index is 12.2. The second-order valence-electron chi connectivity index (χ2n) is 5.29. The summed E-state index contributed by atoms with van der Waals surface area (Å²) in [7, 11) is 1.74. The summed E-state index contributed by atoms with van der Waals surface area (Å²) in [6.45, 7) is -0.0195. The molecule has 1 N–H and O–H groups in total. The van der Waals surface area contributed by atoms with Crippen LogP contribution in [0.4, 0.5) is 8.78 Å². The third-order valence-electron chi connectivity index (χ3n) is 4.01. The van der Waals surface area contributed by atoms with E-state index in [1.54, 1.807) is 19.2 Å². The highest BCUT2D eigenvalue weighted by atomic mass is 19.3. The van der Waals surface area contributed by atoms with Gasteiger partial charge in [-0.05, 0) is 43.9 Å². The van der Waals surface area contributed by atoms with Crippen LogP contribution in [0.1, 0.15) is 37.8 Å². The van der Waals surface area contributed by atoms with E-state index in [4.69, 9.17) is 4.74 Å². The number of halogens is 2. The molecule has 0 radical (unpaired) electrons. The van der Waals surface area contributed by atoms with Crippen molar-refractivity contribution in [3.63, 3.8) is 0 Å². The number of methoxy groups -OCH3 is 1. The molecule has 1 aromatic carbocycles. The van der Waals surface area contributed by atoms with E-state index in [1.165, 1.54) is 12.5 Å². The summed E-state index contributed by atoms with van der Waals surface area (Å²) >= 11 is 0. The molecular formula is C15H21F2NO2. The third-order valence-corrected chi connectivity index (χ3v) is 4.01. The van der Waals surface area contributed by atoms with Crippen molar-refractivity contribution in [2.75, 3.05) is 13.7 Å². The van der Waals surface area contributed by atoms with Crippen LogP contribution in [0.5, 0.6) is 5.75 Å². The zero-order valence-corrected chi connectivity index (χ0v) is 11.9. The Morgan fingerprint density at radius 2 is 2.10 bits per heavy atom. The van der Waals surface area contributed by atoms with Crippen molar-refractivity contribution >= 4 is 0 Å². The predicted octanol–water partition coefficient (Wildman–Crippen LogP) is 3.51. The standard InChI is InChI=1S/C15H21F2NO2/c1-11(18-10-15(19-2)7-4-8-15)12-5-3-6-13(9-12)20-14(16)17/h3,5-6,9,11,14,18H,4,7-8,10H2,1-2H3. The Morgan fingerprint density at radius 3 is 2.65 bits per heavy atom. The molecule has 1 saturated carbocycles. The lowest BCUT2D eigenvalue weighted by Gasteiger charge is -2.41. The topological polar surface area (TPSA) is 30.5 Å². The Bertz CT molecular complexity index is 430. The van der Waals surface area contributed by atoms with Gasteiger partial charge in [-0.2, -0.15) is 8.78 Å². The van der Waals surface area contributed by atoms with Crippen molar-refractivity contribution in [3.8, 4) is 5.75 Å². The van der Waals surface area contributed by atoms with Gasteiger partial charge in [0.15, 0.2) is 0 Å². The third kappa shape index (κ3) is 3.67. The van der Waals surface area contributed by atoms with E-state index < -0.39 is 6.61 Å². The Balaban J connectivity index is 1.93. The highest BCUT2D eigenvalue weighted by molar-refractivity contribution is 5.30. The fraction of sp³-hybridized carbons (Fsp3) is 0.600. The Kier molecular flexibility index (Phi) is 4.94. The second-order valence-corrected chi connectivity index (χ2v) is 5.29. The van der Waals surface area contributed by atoms with E-state index in [0.717, 1.165) is 24.9 Å². The van der Waals surface area contributed by atoms with Crippen LogP contribution in [0.2, 0.25) is 0 Å². The molecule has 1 atom stereocenters. The van der Waals surface area contributed by atoms with Gasteiger partial charge in [-0.25, -0.2) is 0 Å². The summed E-state index contributed by atoms with van der Waals surface area (Å²) in [4.78, 5) is 0. The van der Waals surface area contributed by atoms with Crippen LogP contribution < -0.4 is 10.1 Å². The maximum absolute atomic E-state index is 12.2. The predicted molar refractivity (Wildman–Crippen MR) is 73.1 cm³/mol. The van der Waals surface area contributed by atoms with Crippen molar-refractivity contribution in [3.05, 3.63) is 29.8 Å². The van der Waals surface area contributed by atoms with Crippen molar-refractivity contribution < 1.29 is 18.3 Å². The first kappa shape index (κ1) is 15.2. The van der Waals surface area contributed by atoms with Gasteiger partial charge in [0.2, 0.25) is 0 Å². The van der Waals surface area contributed by atoms with Gasteiger partial charge in [-0.15, -0.1) is 0 Å². The fourth-order valence-electron chi connectivity index (χ4n) is 2.44. The zero-order chi connectivity index (χ0) is 14.6. The minimum absolute atomic E-state index is 0.0503. The van der Waals surface area contributed by atoms with Crippen LogP contribution in [0.25, 0.3) is 0 Å². The van der Waals surface area contributed by atoms with Crippen LogP contribution in [-0.4, -0.2) is 25.9 Å². The minimum atomic E-state index is -2.79. The van der Waals surface area contributed by atoms with E-state index in [0.29, 0.717) is 0 Å². The van der Waals surface area contributed by atoms with Gasteiger partial charge in [0.1, 0.15) is 5.75 Å². The first-order valence-electron chi connectivity index (χ1n) is 6.88. The van der Waals surface area contributed by atoms with Gasteiger partial charge < -0.3 is 14.8 Å². The van der Waals surface area contributed by atoms with Crippen molar-refractivity contribution in [2.24, 2.45) is 0 Å². The first-order chi connectivity index (χ1) is 9.54. The molecule has 0 aromatic heterocycles. The van der Waals surface area contributed by atoms with E-state index in [2.05, 4.69) is 10.1 Å². The summed E-state index contributed by atoms with van der Waals surface area (Å²) < 4.78 is 34.4. The molecule has 1 aliphatic carbocycles. The van der Waals surface area contributed by atoms with Gasteiger partial charge in [0.25, 0.3) is 0 Å². The Morgan fingerprint density at radius 1 is 1.35 bits per heavy atom. The largest absolute Gasteiger partial charge is 0.435 e. The number of nitrogens with one attached hydrogen (secondary N) is 1. The van der Waals surface area contributed by atoms with Gasteiger partial charge in [0, 0.05) is 19.7 Å². The lowest BCUT2D eigenvalue weighted by Crippen LogP contribution is -2.48. The van der Waals surface area contributed by atoms with Gasteiger partial charge >= 0.3 is 6.61 Å². The number of ether oxygens (including phenoxy) is 2. The first-order valence-corrected chi connectivity index (χ1v) is 6.88. The highest BCUT2D eigenvalue weighted by Gasteiger charge is 2.36. The van der Waals surface area contributed by atoms with Crippen LogP contribution >= 0.6 is 0 Å². The molecule has 1 unspecified atom stereocenters. The number of hydrogen-bond donors (Lipinski definition) is 1.